The molecule has 0 aliphatic rings. The molecule has 0 aromatic heterocycles. The van der Waals surface area contributed by atoms with Crippen LogP contribution in [-0.4, -0.2) is 25.5 Å². The number of aryl methyl sites for hydroxylation is 1. The van der Waals surface area contributed by atoms with Gasteiger partial charge < -0.3 is 14.6 Å². The third kappa shape index (κ3) is 4.30. The zero-order valence-corrected chi connectivity index (χ0v) is 13.5. The van der Waals surface area contributed by atoms with Gasteiger partial charge in [-0.2, -0.15) is 5.10 Å². The van der Waals surface area contributed by atoms with E-state index in [1.807, 2.05) is 31.2 Å². The Morgan fingerprint density at radius 3 is 2.09 bits per heavy atom. The van der Waals surface area contributed by atoms with Crippen LogP contribution in [0.1, 0.15) is 11.1 Å². The third-order valence-corrected chi connectivity index (χ3v) is 2.96. The van der Waals surface area contributed by atoms with E-state index < -0.39 is 0 Å². The average molecular weight is 323 g/mol. The first-order chi connectivity index (χ1) is 10.1. The standard InChI is InChI=1S/C16H18N2O3.ClH/c1-11-4-6-13(7-5-11)18-17-10-12-8-14(20-2)16(19)15(9-12)21-3;/h4-10,18-19H,1-3H3;1H/b17-10+;. The van der Waals surface area contributed by atoms with Gasteiger partial charge in [-0.05, 0) is 31.2 Å². The Bertz CT molecular complexity index is 617. The number of hydrogen-bond acceptors (Lipinski definition) is 5. The van der Waals surface area contributed by atoms with Gasteiger partial charge in [-0.1, -0.05) is 17.7 Å². The van der Waals surface area contributed by atoms with E-state index in [0.717, 1.165) is 11.3 Å². The number of anilines is 1. The lowest BCUT2D eigenvalue weighted by molar-refractivity contribution is 0.340. The van der Waals surface area contributed by atoms with Crippen LogP contribution in [0.25, 0.3) is 0 Å². The SMILES string of the molecule is COc1cc(/C=N/Nc2ccc(C)cc2)cc(OC)c1O.Cl. The maximum Gasteiger partial charge on any atom is 0.200 e. The van der Waals surface area contributed by atoms with Gasteiger partial charge in [0, 0.05) is 5.56 Å². The van der Waals surface area contributed by atoms with Crippen molar-refractivity contribution in [3.05, 3.63) is 47.5 Å². The van der Waals surface area contributed by atoms with E-state index in [9.17, 15) is 5.11 Å². The van der Waals surface area contributed by atoms with Crippen LogP contribution in [0.15, 0.2) is 41.5 Å². The highest BCUT2D eigenvalue weighted by Gasteiger charge is 2.10. The fourth-order valence-corrected chi connectivity index (χ4v) is 1.80. The van der Waals surface area contributed by atoms with Crippen molar-refractivity contribution in [2.24, 2.45) is 5.10 Å². The number of aromatic hydroxyl groups is 1. The molecule has 22 heavy (non-hydrogen) atoms. The van der Waals surface area contributed by atoms with Crippen LogP contribution in [0.3, 0.4) is 0 Å². The van der Waals surface area contributed by atoms with Gasteiger partial charge in [0.2, 0.25) is 5.75 Å². The molecule has 2 N–H and O–H groups in total. The van der Waals surface area contributed by atoms with Crippen molar-refractivity contribution in [1.82, 2.24) is 0 Å². The summed E-state index contributed by atoms with van der Waals surface area (Å²) in [5.41, 5.74) is 5.78. The Morgan fingerprint density at radius 1 is 1.05 bits per heavy atom. The zero-order valence-electron chi connectivity index (χ0n) is 12.7. The maximum atomic E-state index is 9.83. The lowest BCUT2D eigenvalue weighted by Gasteiger charge is -2.09. The summed E-state index contributed by atoms with van der Waals surface area (Å²) >= 11 is 0. The van der Waals surface area contributed by atoms with Gasteiger partial charge in [-0.15, -0.1) is 12.4 Å². The lowest BCUT2D eigenvalue weighted by atomic mass is 10.2. The molecule has 5 nitrogen and oxygen atoms in total. The zero-order chi connectivity index (χ0) is 15.2. The summed E-state index contributed by atoms with van der Waals surface area (Å²) in [5, 5.41) is 14.0. The minimum absolute atomic E-state index is 0. The summed E-state index contributed by atoms with van der Waals surface area (Å²) < 4.78 is 10.2. The summed E-state index contributed by atoms with van der Waals surface area (Å²) in [4.78, 5) is 0. The maximum absolute atomic E-state index is 9.83. The van der Waals surface area contributed by atoms with E-state index in [0.29, 0.717) is 11.5 Å². The van der Waals surface area contributed by atoms with E-state index in [1.165, 1.54) is 19.8 Å². The molecule has 118 valence electrons. The number of benzene rings is 2. The molecule has 0 amide bonds. The number of halogens is 1. The summed E-state index contributed by atoms with van der Waals surface area (Å²) in [6.07, 6.45) is 1.63. The Kier molecular flexibility index (Phi) is 6.53. The number of phenols is 1. The predicted octanol–water partition coefficient (Wildman–Crippen LogP) is 3.59. The molecule has 2 rings (SSSR count). The fraction of sp³-hybridized carbons (Fsp3) is 0.188. The number of methoxy groups -OCH3 is 2. The fourth-order valence-electron chi connectivity index (χ4n) is 1.80. The molecule has 0 aliphatic heterocycles. The van der Waals surface area contributed by atoms with Crippen LogP contribution >= 0.6 is 12.4 Å². The molecule has 0 bridgehead atoms. The lowest BCUT2D eigenvalue weighted by Crippen LogP contribution is -1.94. The van der Waals surface area contributed by atoms with E-state index in [4.69, 9.17) is 9.47 Å². The van der Waals surface area contributed by atoms with Gasteiger partial charge in [-0.25, -0.2) is 0 Å². The summed E-state index contributed by atoms with van der Waals surface area (Å²) in [5.74, 6) is 0.654. The second kappa shape index (κ2) is 8.14. The largest absolute Gasteiger partial charge is 0.502 e. The smallest absolute Gasteiger partial charge is 0.200 e. The van der Waals surface area contributed by atoms with Crippen molar-refractivity contribution in [2.75, 3.05) is 19.6 Å². The van der Waals surface area contributed by atoms with Gasteiger partial charge in [0.15, 0.2) is 11.5 Å². The molecule has 0 atom stereocenters. The van der Waals surface area contributed by atoms with Crippen LogP contribution in [-0.2, 0) is 0 Å². The molecule has 2 aromatic carbocycles. The Labute approximate surface area is 136 Å². The van der Waals surface area contributed by atoms with E-state index in [1.54, 1.807) is 18.3 Å². The monoisotopic (exact) mass is 322 g/mol. The van der Waals surface area contributed by atoms with E-state index in [2.05, 4.69) is 10.5 Å². The summed E-state index contributed by atoms with van der Waals surface area (Å²) in [6, 6.07) is 11.3. The molecule has 0 spiro atoms. The molecule has 0 radical (unpaired) electrons. The number of nitrogens with one attached hydrogen (secondary N) is 1. The van der Waals surface area contributed by atoms with Crippen LogP contribution in [0.2, 0.25) is 0 Å². The Balaban J connectivity index is 0.00000242. The molecule has 0 saturated heterocycles. The molecular formula is C16H19ClN2O3. The van der Waals surface area contributed by atoms with Crippen LogP contribution in [0, 0.1) is 6.92 Å². The average Bonchev–Trinajstić information content (AvgIpc) is 2.50. The van der Waals surface area contributed by atoms with Gasteiger partial charge in [0.05, 0.1) is 26.1 Å². The number of rotatable bonds is 5. The molecule has 0 aliphatic carbocycles. The van der Waals surface area contributed by atoms with Crippen molar-refractivity contribution >= 4 is 24.3 Å². The molecular weight excluding hydrogens is 304 g/mol. The number of ether oxygens (including phenoxy) is 2. The van der Waals surface area contributed by atoms with Crippen molar-refractivity contribution < 1.29 is 14.6 Å². The van der Waals surface area contributed by atoms with E-state index >= 15 is 0 Å². The minimum Gasteiger partial charge on any atom is -0.502 e. The summed E-state index contributed by atoms with van der Waals surface area (Å²) in [7, 11) is 2.97. The quantitative estimate of drug-likeness (QED) is 0.652. The molecule has 2 aromatic rings. The molecule has 0 fully saturated rings. The van der Waals surface area contributed by atoms with Crippen molar-refractivity contribution in [3.63, 3.8) is 0 Å². The normalized spacial score (nSPS) is 10.1. The molecule has 0 heterocycles. The molecule has 6 heteroatoms. The highest BCUT2D eigenvalue weighted by atomic mass is 35.5. The second-order valence-electron chi connectivity index (χ2n) is 4.51. The van der Waals surface area contributed by atoms with Gasteiger partial charge in [-0.3, -0.25) is 5.43 Å². The van der Waals surface area contributed by atoms with Crippen LogP contribution in [0.4, 0.5) is 5.69 Å². The first-order valence-electron chi connectivity index (χ1n) is 6.44. The number of phenolic OH excluding ortho intramolecular Hbond substituents is 1. The van der Waals surface area contributed by atoms with E-state index in [-0.39, 0.29) is 18.2 Å². The first-order valence-corrected chi connectivity index (χ1v) is 6.44. The predicted molar refractivity (Wildman–Crippen MR) is 90.9 cm³/mol. The van der Waals surface area contributed by atoms with Crippen molar-refractivity contribution in [1.29, 1.82) is 0 Å². The van der Waals surface area contributed by atoms with Crippen LogP contribution < -0.4 is 14.9 Å². The van der Waals surface area contributed by atoms with Crippen LogP contribution in [0.5, 0.6) is 17.2 Å². The number of nitrogens with zero attached hydrogens (tertiary/aromatic N) is 1. The van der Waals surface area contributed by atoms with Crippen molar-refractivity contribution in [2.45, 2.75) is 6.92 Å². The summed E-state index contributed by atoms with van der Waals surface area (Å²) in [6.45, 7) is 2.03. The third-order valence-electron chi connectivity index (χ3n) is 2.96. The highest BCUT2D eigenvalue weighted by Crippen LogP contribution is 2.36. The molecule has 0 saturated carbocycles. The first kappa shape index (κ1) is 17.7. The second-order valence-corrected chi connectivity index (χ2v) is 4.51. The minimum atomic E-state index is -0.0244. The Hall–Kier alpha value is -2.40. The van der Waals surface area contributed by atoms with Gasteiger partial charge in [0.1, 0.15) is 0 Å². The molecule has 0 unspecified atom stereocenters. The topological polar surface area (TPSA) is 63.1 Å². The number of hydrogen-bond donors (Lipinski definition) is 2. The van der Waals surface area contributed by atoms with Crippen molar-refractivity contribution in [3.8, 4) is 17.2 Å². The van der Waals surface area contributed by atoms with Gasteiger partial charge >= 0.3 is 0 Å². The van der Waals surface area contributed by atoms with Gasteiger partial charge in [0.25, 0.3) is 0 Å². The number of hydrazone groups is 1. The Morgan fingerprint density at radius 2 is 1.59 bits per heavy atom. The highest BCUT2D eigenvalue weighted by molar-refractivity contribution is 5.85.